The van der Waals surface area contributed by atoms with E-state index in [2.05, 4.69) is 17.4 Å². The fourth-order valence-electron chi connectivity index (χ4n) is 3.09. The molecule has 5 nitrogen and oxygen atoms in total. The van der Waals surface area contributed by atoms with Gasteiger partial charge in [0.2, 0.25) is 0 Å². The van der Waals surface area contributed by atoms with Crippen molar-refractivity contribution in [2.24, 2.45) is 0 Å². The number of hydrogen-bond acceptors (Lipinski definition) is 5. The Labute approximate surface area is 166 Å². The minimum atomic E-state index is -0.880. The lowest BCUT2D eigenvalue weighted by molar-refractivity contribution is -0.136. The highest BCUT2D eigenvalue weighted by Crippen LogP contribution is 2.35. The van der Waals surface area contributed by atoms with Gasteiger partial charge in [0.1, 0.15) is 5.75 Å². The monoisotopic (exact) mass is 390 g/mol. The van der Waals surface area contributed by atoms with E-state index in [0.29, 0.717) is 15.7 Å². The first-order valence-corrected chi connectivity index (χ1v) is 9.56. The van der Waals surface area contributed by atoms with Crippen molar-refractivity contribution in [1.82, 2.24) is 4.98 Å². The van der Waals surface area contributed by atoms with Crippen LogP contribution in [0.15, 0.2) is 66.7 Å². The Morgan fingerprint density at radius 1 is 1.07 bits per heavy atom. The second-order valence-electron chi connectivity index (χ2n) is 6.24. The second kappa shape index (κ2) is 7.70. The van der Waals surface area contributed by atoms with E-state index in [9.17, 15) is 9.90 Å². The van der Waals surface area contributed by atoms with Crippen LogP contribution in [0.3, 0.4) is 0 Å². The summed E-state index contributed by atoms with van der Waals surface area (Å²) >= 11 is 1.36. The number of aromatic nitrogens is 1. The van der Waals surface area contributed by atoms with Crippen LogP contribution in [0.25, 0.3) is 22.0 Å². The summed E-state index contributed by atoms with van der Waals surface area (Å²) in [5.41, 5.74) is 2.48. The van der Waals surface area contributed by atoms with Crippen molar-refractivity contribution in [1.29, 1.82) is 0 Å². The van der Waals surface area contributed by atoms with Crippen LogP contribution in [-0.2, 0) is 11.2 Å². The molecule has 28 heavy (non-hydrogen) atoms. The van der Waals surface area contributed by atoms with Gasteiger partial charge in [0.15, 0.2) is 5.13 Å². The molecule has 1 heterocycles. The van der Waals surface area contributed by atoms with Gasteiger partial charge in [-0.2, -0.15) is 0 Å². The predicted molar refractivity (Wildman–Crippen MR) is 113 cm³/mol. The number of anilines is 2. The molecule has 0 radical (unpaired) electrons. The summed E-state index contributed by atoms with van der Waals surface area (Å²) in [7, 11) is 1.61. The number of nitrogens with one attached hydrogen (secondary N) is 1. The summed E-state index contributed by atoms with van der Waals surface area (Å²) < 4.78 is 5.20. The third kappa shape index (κ3) is 3.68. The van der Waals surface area contributed by atoms with Crippen molar-refractivity contribution in [3.63, 3.8) is 0 Å². The number of nitrogens with zero attached hydrogens (tertiary/aromatic N) is 1. The molecule has 6 heteroatoms. The highest BCUT2D eigenvalue weighted by molar-refractivity contribution is 7.16. The van der Waals surface area contributed by atoms with E-state index in [-0.39, 0.29) is 6.42 Å². The number of methoxy groups -OCH3 is 1. The Balaban J connectivity index is 1.73. The molecule has 0 saturated carbocycles. The summed E-state index contributed by atoms with van der Waals surface area (Å²) in [6.45, 7) is 0. The zero-order valence-electron chi connectivity index (χ0n) is 15.2. The largest absolute Gasteiger partial charge is 0.497 e. The highest BCUT2D eigenvalue weighted by Gasteiger charge is 2.16. The maximum atomic E-state index is 11.3. The minimum Gasteiger partial charge on any atom is -0.497 e. The number of benzene rings is 3. The number of rotatable bonds is 6. The fraction of sp³-hybridized carbons (Fsp3) is 0.0909. The Morgan fingerprint density at radius 3 is 2.57 bits per heavy atom. The van der Waals surface area contributed by atoms with Crippen molar-refractivity contribution in [2.75, 3.05) is 12.4 Å². The molecule has 0 amide bonds. The zero-order valence-corrected chi connectivity index (χ0v) is 16.0. The molecule has 3 aromatic carbocycles. The Morgan fingerprint density at radius 2 is 1.82 bits per heavy atom. The summed E-state index contributed by atoms with van der Waals surface area (Å²) in [5.74, 6) is -0.136. The molecule has 4 rings (SSSR count). The van der Waals surface area contributed by atoms with E-state index in [1.165, 1.54) is 11.3 Å². The Kier molecular flexibility index (Phi) is 4.95. The van der Waals surface area contributed by atoms with Crippen molar-refractivity contribution in [2.45, 2.75) is 6.42 Å². The number of ether oxygens (including phenoxy) is 1. The lowest BCUT2D eigenvalue weighted by atomic mass is 10.1. The topological polar surface area (TPSA) is 71.5 Å². The van der Waals surface area contributed by atoms with Crippen molar-refractivity contribution in [3.05, 3.63) is 71.6 Å². The first kappa shape index (κ1) is 18.0. The number of fused-ring (bicyclic) bond motifs is 1. The Hall–Kier alpha value is -3.38. The lowest BCUT2D eigenvalue weighted by Crippen LogP contribution is -1.99. The first-order chi connectivity index (χ1) is 13.6. The quantitative estimate of drug-likeness (QED) is 0.465. The lowest BCUT2D eigenvalue weighted by Gasteiger charge is -2.07. The number of hydrogen-bond donors (Lipinski definition) is 2. The molecule has 4 aromatic rings. The molecular formula is C22H18N2O3S. The minimum absolute atomic E-state index is 0.0732. The van der Waals surface area contributed by atoms with Gasteiger partial charge in [0.25, 0.3) is 0 Å². The molecule has 0 unspecified atom stereocenters. The van der Waals surface area contributed by atoms with Gasteiger partial charge in [0.05, 0.1) is 19.2 Å². The molecule has 0 aliphatic carbocycles. The van der Waals surface area contributed by atoms with Crippen molar-refractivity contribution >= 4 is 38.9 Å². The summed E-state index contributed by atoms with van der Waals surface area (Å²) in [6, 6.07) is 21.6. The highest BCUT2D eigenvalue weighted by atomic mass is 32.1. The summed E-state index contributed by atoms with van der Waals surface area (Å²) in [6.07, 6.45) is -0.0732. The molecular weight excluding hydrogens is 372 g/mol. The van der Waals surface area contributed by atoms with Gasteiger partial charge in [-0.1, -0.05) is 36.4 Å². The molecule has 0 fully saturated rings. The maximum absolute atomic E-state index is 11.3. The molecule has 140 valence electrons. The van der Waals surface area contributed by atoms with E-state index >= 15 is 0 Å². The van der Waals surface area contributed by atoms with Gasteiger partial charge in [-0.25, -0.2) is 4.98 Å². The molecule has 0 spiro atoms. The van der Waals surface area contributed by atoms with Crippen LogP contribution in [0.5, 0.6) is 5.75 Å². The standard InChI is InChI=1S/C22H18N2O3S/c1-27-16-11-9-15(10-12-16)21-19(13-20(25)26)28-22(24-21)23-18-8-4-6-14-5-2-3-7-17(14)18/h2-12H,13H2,1H3,(H,23,24)(H,25,26). The zero-order chi connectivity index (χ0) is 19.5. The van der Waals surface area contributed by atoms with Crippen LogP contribution in [0.1, 0.15) is 4.88 Å². The van der Waals surface area contributed by atoms with Gasteiger partial charge in [0, 0.05) is 21.5 Å². The van der Waals surface area contributed by atoms with E-state index in [4.69, 9.17) is 9.72 Å². The fourth-order valence-corrected chi connectivity index (χ4v) is 4.07. The third-order valence-corrected chi connectivity index (χ3v) is 5.37. The van der Waals surface area contributed by atoms with Crippen LogP contribution in [-0.4, -0.2) is 23.2 Å². The molecule has 0 aliphatic rings. The van der Waals surface area contributed by atoms with Gasteiger partial charge in [-0.05, 0) is 35.7 Å². The van der Waals surface area contributed by atoms with E-state index in [1.807, 2.05) is 54.6 Å². The van der Waals surface area contributed by atoms with Gasteiger partial charge < -0.3 is 15.2 Å². The predicted octanol–water partition coefficient (Wildman–Crippen LogP) is 5.34. The molecule has 0 saturated heterocycles. The number of carboxylic acid groups (broad SMARTS) is 1. The number of carboxylic acids is 1. The smallest absolute Gasteiger partial charge is 0.308 e. The Bertz CT molecular complexity index is 1130. The van der Waals surface area contributed by atoms with Gasteiger partial charge >= 0.3 is 5.97 Å². The van der Waals surface area contributed by atoms with Crippen molar-refractivity contribution in [3.8, 4) is 17.0 Å². The number of aliphatic carboxylic acids is 1. The first-order valence-electron chi connectivity index (χ1n) is 8.75. The number of thiazole rings is 1. The van der Waals surface area contributed by atoms with Gasteiger partial charge in [-0.3, -0.25) is 4.79 Å². The average Bonchev–Trinajstić information content (AvgIpc) is 3.10. The molecule has 0 bridgehead atoms. The van der Waals surface area contributed by atoms with Crippen LogP contribution in [0.4, 0.5) is 10.8 Å². The van der Waals surface area contributed by atoms with Crippen LogP contribution in [0, 0.1) is 0 Å². The van der Waals surface area contributed by atoms with Crippen molar-refractivity contribution < 1.29 is 14.6 Å². The second-order valence-corrected chi connectivity index (χ2v) is 7.33. The maximum Gasteiger partial charge on any atom is 0.308 e. The molecule has 2 N–H and O–H groups in total. The normalized spacial score (nSPS) is 10.8. The molecule has 0 aliphatic heterocycles. The summed E-state index contributed by atoms with van der Waals surface area (Å²) in [4.78, 5) is 16.7. The van der Waals surface area contributed by atoms with E-state index < -0.39 is 5.97 Å². The van der Waals surface area contributed by atoms with Gasteiger partial charge in [-0.15, -0.1) is 11.3 Å². The van der Waals surface area contributed by atoms with Crippen LogP contribution in [0.2, 0.25) is 0 Å². The van der Waals surface area contributed by atoms with E-state index in [1.54, 1.807) is 7.11 Å². The number of carbonyl (C=O) groups is 1. The van der Waals surface area contributed by atoms with Crippen LogP contribution < -0.4 is 10.1 Å². The summed E-state index contributed by atoms with van der Waals surface area (Å²) in [5, 5.41) is 15.5. The van der Waals surface area contributed by atoms with Crippen LogP contribution >= 0.6 is 11.3 Å². The molecule has 1 aromatic heterocycles. The third-order valence-electron chi connectivity index (χ3n) is 4.40. The SMILES string of the molecule is COc1ccc(-c2nc(Nc3cccc4ccccc34)sc2CC(=O)O)cc1. The van der Waals surface area contributed by atoms with E-state index in [0.717, 1.165) is 27.8 Å². The molecule has 0 atom stereocenters. The average molecular weight is 390 g/mol.